The third kappa shape index (κ3) is 3.62. The van der Waals surface area contributed by atoms with Crippen LogP contribution >= 0.6 is 11.3 Å². The minimum absolute atomic E-state index is 0.265. The highest BCUT2D eigenvalue weighted by molar-refractivity contribution is 7.13. The van der Waals surface area contributed by atoms with Gasteiger partial charge in [-0.2, -0.15) is 5.10 Å². The Morgan fingerprint density at radius 1 is 1.25 bits per heavy atom. The second kappa shape index (κ2) is 6.84. The van der Waals surface area contributed by atoms with E-state index in [2.05, 4.69) is 25.8 Å². The molecule has 3 N–H and O–H groups in total. The summed E-state index contributed by atoms with van der Waals surface area (Å²) in [7, 11) is 0. The number of hydrogen-bond acceptors (Lipinski definition) is 4. The lowest BCUT2D eigenvalue weighted by atomic mass is 10.1. The first-order valence-corrected chi connectivity index (χ1v) is 8.49. The molecule has 3 rings (SSSR count). The quantitative estimate of drug-likeness (QED) is 0.675. The van der Waals surface area contributed by atoms with Crippen LogP contribution in [-0.4, -0.2) is 21.2 Å². The normalized spacial score (nSPS) is 10.6. The molecule has 7 heteroatoms. The number of rotatable bonds is 4. The molecule has 0 saturated carbocycles. The number of benzene rings is 1. The van der Waals surface area contributed by atoms with Crippen LogP contribution in [0.2, 0.25) is 0 Å². The van der Waals surface area contributed by atoms with Gasteiger partial charge >= 0.3 is 6.03 Å². The van der Waals surface area contributed by atoms with Gasteiger partial charge in [0.2, 0.25) is 0 Å². The largest absolute Gasteiger partial charge is 0.331 e. The summed E-state index contributed by atoms with van der Waals surface area (Å²) in [5.41, 5.74) is 4.11. The van der Waals surface area contributed by atoms with Crippen molar-refractivity contribution in [1.29, 1.82) is 0 Å². The number of aromatic amines is 1. The molecule has 0 spiro atoms. The predicted octanol–water partition coefficient (Wildman–Crippen LogP) is 3.78. The maximum absolute atomic E-state index is 12.1. The van der Waals surface area contributed by atoms with E-state index in [-0.39, 0.29) is 12.6 Å². The number of nitrogens with zero attached hydrogens (tertiary/aromatic N) is 2. The van der Waals surface area contributed by atoms with Crippen LogP contribution < -0.4 is 10.6 Å². The molecule has 6 nitrogen and oxygen atoms in total. The van der Waals surface area contributed by atoms with Crippen LogP contribution in [-0.2, 0) is 6.54 Å². The van der Waals surface area contributed by atoms with E-state index in [1.54, 1.807) is 11.3 Å². The fourth-order valence-corrected chi connectivity index (χ4v) is 3.25. The van der Waals surface area contributed by atoms with Gasteiger partial charge in [-0.05, 0) is 43.3 Å². The Bertz CT molecular complexity index is 831. The molecule has 2 heterocycles. The third-order valence-electron chi connectivity index (χ3n) is 3.61. The van der Waals surface area contributed by atoms with Crippen molar-refractivity contribution in [2.75, 3.05) is 5.32 Å². The van der Waals surface area contributed by atoms with Gasteiger partial charge in [-0.25, -0.2) is 9.78 Å². The summed E-state index contributed by atoms with van der Waals surface area (Å²) in [6.07, 6.45) is 0. The van der Waals surface area contributed by atoms with E-state index in [1.165, 1.54) is 5.56 Å². The third-order valence-corrected chi connectivity index (χ3v) is 4.47. The van der Waals surface area contributed by atoms with Crippen LogP contribution in [0.25, 0.3) is 10.7 Å². The number of nitrogens with one attached hydrogen (secondary N) is 3. The number of H-pyrrole nitrogens is 1. The monoisotopic (exact) mass is 341 g/mol. The molecule has 0 fully saturated rings. The number of aryl methyl sites for hydroxylation is 3. The second-order valence-electron chi connectivity index (χ2n) is 5.66. The van der Waals surface area contributed by atoms with Gasteiger partial charge in [0, 0.05) is 5.69 Å². The lowest BCUT2D eigenvalue weighted by Crippen LogP contribution is -2.29. The number of aromatic nitrogens is 3. The highest BCUT2D eigenvalue weighted by Gasteiger charge is 2.10. The number of anilines is 1. The molecule has 0 bridgehead atoms. The van der Waals surface area contributed by atoms with Gasteiger partial charge in [0.05, 0.1) is 11.4 Å². The van der Waals surface area contributed by atoms with Crippen LogP contribution in [0.5, 0.6) is 0 Å². The number of urea groups is 1. The van der Waals surface area contributed by atoms with E-state index in [4.69, 9.17) is 0 Å². The highest BCUT2D eigenvalue weighted by atomic mass is 32.1. The van der Waals surface area contributed by atoms with Crippen LogP contribution in [0, 0.1) is 20.8 Å². The molecule has 0 aliphatic carbocycles. The first-order valence-electron chi connectivity index (χ1n) is 7.61. The smallest absolute Gasteiger partial charge is 0.319 e. The molecule has 24 heavy (non-hydrogen) atoms. The molecule has 1 aromatic carbocycles. The van der Waals surface area contributed by atoms with Gasteiger partial charge in [0.15, 0.2) is 5.82 Å². The lowest BCUT2D eigenvalue weighted by molar-refractivity contribution is 0.251. The van der Waals surface area contributed by atoms with E-state index in [1.807, 2.05) is 50.4 Å². The average Bonchev–Trinajstić information content (AvgIpc) is 3.19. The van der Waals surface area contributed by atoms with Crippen LogP contribution in [0.4, 0.5) is 10.5 Å². The number of carbonyl (C=O) groups excluding carboxylic acids is 1. The van der Waals surface area contributed by atoms with E-state index in [9.17, 15) is 4.79 Å². The first kappa shape index (κ1) is 16.2. The van der Waals surface area contributed by atoms with Crippen LogP contribution in [0.15, 0.2) is 29.6 Å². The van der Waals surface area contributed by atoms with Crippen molar-refractivity contribution in [2.45, 2.75) is 27.3 Å². The Morgan fingerprint density at radius 3 is 2.67 bits per heavy atom. The Kier molecular flexibility index (Phi) is 4.61. The predicted molar refractivity (Wildman–Crippen MR) is 96.2 cm³/mol. The van der Waals surface area contributed by atoms with Gasteiger partial charge in [-0.1, -0.05) is 23.8 Å². The first-order chi connectivity index (χ1) is 11.5. The number of hydrogen-bond donors (Lipinski definition) is 3. The molecule has 2 aromatic heterocycles. The van der Waals surface area contributed by atoms with Crippen molar-refractivity contribution in [2.24, 2.45) is 0 Å². The van der Waals surface area contributed by atoms with Crippen molar-refractivity contribution in [1.82, 2.24) is 20.5 Å². The van der Waals surface area contributed by atoms with Crippen molar-refractivity contribution < 1.29 is 4.79 Å². The molecule has 0 saturated heterocycles. The van der Waals surface area contributed by atoms with Gasteiger partial charge in [0.25, 0.3) is 0 Å². The molecule has 2 amide bonds. The molecule has 124 valence electrons. The molecule has 0 unspecified atom stereocenters. The minimum atomic E-state index is -0.265. The van der Waals surface area contributed by atoms with Crippen molar-refractivity contribution in [3.63, 3.8) is 0 Å². The topological polar surface area (TPSA) is 82.7 Å². The Labute approximate surface area is 144 Å². The lowest BCUT2D eigenvalue weighted by Gasteiger charge is -2.13. The van der Waals surface area contributed by atoms with Gasteiger partial charge in [0.1, 0.15) is 5.82 Å². The molecule has 0 aliphatic rings. The molecular formula is C17H19N5OS. The van der Waals surface area contributed by atoms with Crippen LogP contribution in [0.1, 0.15) is 22.5 Å². The summed E-state index contributed by atoms with van der Waals surface area (Å²) < 4.78 is 0. The van der Waals surface area contributed by atoms with E-state index in [0.29, 0.717) is 11.6 Å². The maximum atomic E-state index is 12.1. The number of carbonyl (C=O) groups is 1. The fraction of sp³-hybridized carbons (Fsp3) is 0.235. The number of thiophene rings is 1. The van der Waals surface area contributed by atoms with Crippen molar-refractivity contribution in [3.8, 4) is 10.7 Å². The van der Waals surface area contributed by atoms with E-state index >= 15 is 0 Å². The average molecular weight is 341 g/mol. The molecule has 0 atom stereocenters. The van der Waals surface area contributed by atoms with Crippen molar-refractivity contribution >= 4 is 23.1 Å². The molecule has 0 aliphatic heterocycles. The van der Waals surface area contributed by atoms with Crippen LogP contribution in [0.3, 0.4) is 0 Å². The molecule has 0 radical (unpaired) electrons. The minimum Gasteiger partial charge on any atom is -0.331 e. The second-order valence-corrected chi connectivity index (χ2v) is 6.61. The zero-order valence-corrected chi connectivity index (χ0v) is 14.6. The van der Waals surface area contributed by atoms with Gasteiger partial charge in [-0.15, -0.1) is 11.3 Å². The molecular weight excluding hydrogens is 322 g/mol. The standard InChI is InChI=1S/C17H19N5OS/c1-10-7-11(2)15(12(3)8-10)20-17(23)18-9-14-19-16(22-21-14)13-5-4-6-24-13/h4-8H,9H2,1-3H3,(H2,18,20,23)(H,19,21,22). The Balaban J connectivity index is 1.60. The Hall–Kier alpha value is -2.67. The zero-order valence-electron chi connectivity index (χ0n) is 13.8. The van der Waals surface area contributed by atoms with Crippen molar-refractivity contribution in [3.05, 3.63) is 52.2 Å². The van der Waals surface area contributed by atoms with E-state index in [0.717, 1.165) is 21.7 Å². The Morgan fingerprint density at radius 2 is 2.00 bits per heavy atom. The highest BCUT2D eigenvalue weighted by Crippen LogP contribution is 2.22. The SMILES string of the molecule is Cc1cc(C)c(NC(=O)NCc2nc(-c3cccs3)n[nH]2)c(C)c1. The summed E-state index contributed by atoms with van der Waals surface area (Å²) in [4.78, 5) is 17.5. The zero-order chi connectivity index (χ0) is 17.1. The fourth-order valence-electron chi connectivity index (χ4n) is 2.59. The number of amides is 2. The summed E-state index contributed by atoms with van der Waals surface area (Å²) in [6, 6.07) is 7.74. The maximum Gasteiger partial charge on any atom is 0.319 e. The summed E-state index contributed by atoms with van der Waals surface area (Å²) in [5.74, 6) is 1.26. The van der Waals surface area contributed by atoms with E-state index < -0.39 is 0 Å². The molecule has 3 aromatic rings. The van der Waals surface area contributed by atoms with Gasteiger partial charge in [-0.3, -0.25) is 5.10 Å². The summed E-state index contributed by atoms with van der Waals surface area (Å²) >= 11 is 1.58. The van der Waals surface area contributed by atoms with Gasteiger partial charge < -0.3 is 10.6 Å². The summed E-state index contributed by atoms with van der Waals surface area (Å²) in [5, 5.41) is 14.7. The summed E-state index contributed by atoms with van der Waals surface area (Å²) in [6.45, 7) is 6.30.